The number of halogens is 1. The van der Waals surface area contributed by atoms with Crippen LogP contribution in [-0.2, 0) is 0 Å². The molecule has 0 radical (unpaired) electrons. The van der Waals surface area contributed by atoms with Crippen LogP contribution in [0.5, 0.6) is 0 Å². The van der Waals surface area contributed by atoms with E-state index in [1.165, 1.54) is 5.69 Å². The molecule has 1 aromatic carbocycles. The van der Waals surface area contributed by atoms with Gasteiger partial charge in [0.15, 0.2) is 0 Å². The molecule has 4 nitrogen and oxygen atoms in total. The van der Waals surface area contributed by atoms with Gasteiger partial charge in [-0.2, -0.15) is 5.10 Å². The minimum Gasteiger partial charge on any atom is -0.378 e. The van der Waals surface area contributed by atoms with Gasteiger partial charge in [0.05, 0.1) is 11.4 Å². The van der Waals surface area contributed by atoms with Crippen LogP contribution in [0.25, 0.3) is 22.5 Å². The van der Waals surface area contributed by atoms with Gasteiger partial charge in [0, 0.05) is 31.5 Å². The Morgan fingerprint density at radius 1 is 1.00 bits per heavy atom. The molecule has 0 aliphatic heterocycles. The molecular weight excluding hydrogens is 328 g/mol. The minimum atomic E-state index is 0.805. The van der Waals surface area contributed by atoms with Crippen LogP contribution < -0.4 is 4.90 Å². The normalized spacial score (nSPS) is 10.6. The molecule has 2 aromatic heterocycles. The Bertz CT molecular complexity index is 747. The van der Waals surface area contributed by atoms with Crippen molar-refractivity contribution in [3.05, 3.63) is 53.3 Å². The first-order chi connectivity index (χ1) is 10.1. The average Bonchev–Trinajstić information content (AvgIpc) is 2.97. The van der Waals surface area contributed by atoms with E-state index in [0.29, 0.717) is 0 Å². The van der Waals surface area contributed by atoms with Crippen LogP contribution in [0.3, 0.4) is 0 Å². The number of rotatable bonds is 3. The third-order valence-electron chi connectivity index (χ3n) is 3.29. The average molecular weight is 343 g/mol. The predicted molar refractivity (Wildman–Crippen MR) is 89.3 cm³/mol. The van der Waals surface area contributed by atoms with Crippen molar-refractivity contribution in [2.45, 2.75) is 0 Å². The molecule has 0 bridgehead atoms. The van der Waals surface area contributed by atoms with E-state index >= 15 is 0 Å². The van der Waals surface area contributed by atoms with Gasteiger partial charge in [-0.3, -0.25) is 5.10 Å². The van der Waals surface area contributed by atoms with Crippen LogP contribution >= 0.6 is 15.9 Å². The van der Waals surface area contributed by atoms with Crippen molar-refractivity contribution in [1.29, 1.82) is 0 Å². The van der Waals surface area contributed by atoms with E-state index in [-0.39, 0.29) is 0 Å². The smallest absolute Gasteiger partial charge is 0.106 e. The SMILES string of the molecule is CN(C)c1ccc(-c2cc(-c3ccnc(Br)c3)n[nH]2)cc1. The second kappa shape index (κ2) is 5.69. The molecule has 3 rings (SSSR count). The molecule has 0 spiro atoms. The Labute approximate surface area is 132 Å². The minimum absolute atomic E-state index is 0.805. The predicted octanol–water partition coefficient (Wildman–Crippen LogP) is 3.97. The summed E-state index contributed by atoms with van der Waals surface area (Å²) in [6.07, 6.45) is 1.76. The van der Waals surface area contributed by atoms with Crippen molar-refractivity contribution in [1.82, 2.24) is 15.2 Å². The summed E-state index contributed by atoms with van der Waals surface area (Å²) in [7, 11) is 4.06. The van der Waals surface area contributed by atoms with Crippen LogP contribution in [0, 0.1) is 0 Å². The maximum absolute atomic E-state index is 4.38. The lowest BCUT2D eigenvalue weighted by Gasteiger charge is -2.12. The molecular formula is C16H15BrN4. The first-order valence-corrected chi connectivity index (χ1v) is 7.38. The fraction of sp³-hybridized carbons (Fsp3) is 0.125. The van der Waals surface area contributed by atoms with Crippen LogP contribution in [-0.4, -0.2) is 29.3 Å². The summed E-state index contributed by atoms with van der Waals surface area (Å²) in [5, 5.41) is 7.47. The second-order valence-electron chi connectivity index (χ2n) is 4.98. The molecule has 0 amide bonds. The number of aromatic nitrogens is 3. The Balaban J connectivity index is 1.91. The van der Waals surface area contributed by atoms with Crippen molar-refractivity contribution in [3.63, 3.8) is 0 Å². The molecule has 0 saturated carbocycles. The molecule has 5 heteroatoms. The Hall–Kier alpha value is -2.14. The summed E-state index contributed by atoms with van der Waals surface area (Å²) < 4.78 is 0.805. The van der Waals surface area contributed by atoms with E-state index < -0.39 is 0 Å². The van der Waals surface area contributed by atoms with Gasteiger partial charge >= 0.3 is 0 Å². The lowest BCUT2D eigenvalue weighted by molar-refractivity contribution is 1.10. The van der Waals surface area contributed by atoms with Gasteiger partial charge in [0.25, 0.3) is 0 Å². The first-order valence-electron chi connectivity index (χ1n) is 6.58. The van der Waals surface area contributed by atoms with Crippen molar-refractivity contribution >= 4 is 21.6 Å². The number of nitrogens with one attached hydrogen (secondary N) is 1. The number of H-pyrrole nitrogens is 1. The highest BCUT2D eigenvalue weighted by Gasteiger charge is 2.07. The van der Waals surface area contributed by atoms with Crippen LogP contribution in [0.2, 0.25) is 0 Å². The van der Waals surface area contributed by atoms with Gasteiger partial charge in [-0.15, -0.1) is 0 Å². The first kappa shape index (κ1) is 13.8. The van der Waals surface area contributed by atoms with Gasteiger partial charge in [-0.25, -0.2) is 4.98 Å². The molecule has 0 unspecified atom stereocenters. The third kappa shape index (κ3) is 2.97. The van der Waals surface area contributed by atoms with Crippen LogP contribution in [0.15, 0.2) is 53.3 Å². The zero-order valence-corrected chi connectivity index (χ0v) is 13.4. The molecule has 0 atom stereocenters. The molecule has 21 heavy (non-hydrogen) atoms. The molecule has 3 aromatic rings. The number of aromatic amines is 1. The lowest BCUT2D eigenvalue weighted by atomic mass is 10.1. The van der Waals surface area contributed by atoms with Crippen molar-refractivity contribution in [2.75, 3.05) is 19.0 Å². The van der Waals surface area contributed by atoms with E-state index in [2.05, 4.69) is 60.3 Å². The van der Waals surface area contributed by atoms with Crippen molar-refractivity contribution in [2.24, 2.45) is 0 Å². The Morgan fingerprint density at radius 2 is 1.76 bits per heavy atom. The van der Waals surface area contributed by atoms with E-state index in [1.54, 1.807) is 6.20 Å². The van der Waals surface area contributed by atoms with Crippen molar-refractivity contribution in [3.8, 4) is 22.5 Å². The number of benzene rings is 1. The number of hydrogen-bond acceptors (Lipinski definition) is 3. The molecule has 0 aliphatic rings. The van der Waals surface area contributed by atoms with Gasteiger partial charge in [0.2, 0.25) is 0 Å². The van der Waals surface area contributed by atoms with Gasteiger partial charge in [-0.05, 0) is 51.8 Å². The van der Waals surface area contributed by atoms with E-state index in [9.17, 15) is 0 Å². The summed E-state index contributed by atoms with van der Waals surface area (Å²) in [5.41, 5.74) is 5.24. The topological polar surface area (TPSA) is 44.8 Å². The summed E-state index contributed by atoms with van der Waals surface area (Å²) >= 11 is 3.38. The highest BCUT2D eigenvalue weighted by atomic mass is 79.9. The third-order valence-corrected chi connectivity index (χ3v) is 3.73. The summed E-state index contributed by atoms with van der Waals surface area (Å²) in [6, 6.07) is 14.3. The highest BCUT2D eigenvalue weighted by Crippen LogP contribution is 2.26. The van der Waals surface area contributed by atoms with Gasteiger partial charge in [-0.1, -0.05) is 12.1 Å². The standard InChI is InChI=1S/C16H15BrN4/c1-21(2)13-5-3-11(4-6-13)14-10-15(20-19-14)12-7-8-18-16(17)9-12/h3-10H,1-2H3,(H,19,20). The maximum atomic E-state index is 4.38. The zero-order chi connectivity index (χ0) is 14.8. The molecule has 2 heterocycles. The van der Waals surface area contributed by atoms with Crippen LogP contribution in [0.4, 0.5) is 5.69 Å². The maximum Gasteiger partial charge on any atom is 0.106 e. The quantitative estimate of drug-likeness (QED) is 0.732. The molecule has 106 valence electrons. The summed E-state index contributed by atoms with van der Waals surface area (Å²) in [4.78, 5) is 6.21. The van der Waals surface area contributed by atoms with E-state index in [1.807, 2.05) is 32.3 Å². The molecule has 0 saturated heterocycles. The summed E-state index contributed by atoms with van der Waals surface area (Å²) in [5.74, 6) is 0. The number of anilines is 1. The largest absolute Gasteiger partial charge is 0.378 e. The lowest BCUT2D eigenvalue weighted by Crippen LogP contribution is -2.07. The molecule has 1 N–H and O–H groups in total. The zero-order valence-electron chi connectivity index (χ0n) is 11.8. The fourth-order valence-corrected chi connectivity index (χ4v) is 2.48. The molecule has 0 fully saturated rings. The molecule has 0 aliphatic carbocycles. The van der Waals surface area contributed by atoms with Gasteiger partial charge in [0.1, 0.15) is 4.60 Å². The summed E-state index contributed by atoms with van der Waals surface area (Å²) in [6.45, 7) is 0. The number of hydrogen-bond donors (Lipinski definition) is 1. The van der Waals surface area contributed by atoms with Crippen LogP contribution in [0.1, 0.15) is 0 Å². The second-order valence-corrected chi connectivity index (χ2v) is 5.79. The number of nitrogens with zero attached hydrogens (tertiary/aromatic N) is 3. The van der Waals surface area contributed by atoms with Gasteiger partial charge < -0.3 is 4.90 Å². The van der Waals surface area contributed by atoms with E-state index in [4.69, 9.17) is 0 Å². The number of pyridine rings is 1. The highest BCUT2D eigenvalue weighted by molar-refractivity contribution is 9.10. The monoisotopic (exact) mass is 342 g/mol. The Kier molecular flexibility index (Phi) is 3.75. The fourth-order valence-electron chi connectivity index (χ4n) is 2.12. The van der Waals surface area contributed by atoms with E-state index in [0.717, 1.165) is 27.1 Å². The van der Waals surface area contributed by atoms with Crippen molar-refractivity contribution < 1.29 is 0 Å². The Morgan fingerprint density at radius 3 is 2.43 bits per heavy atom.